The molecule has 1 fully saturated rings. The fraction of sp³-hybridized carbons (Fsp3) is 0.667. The molecule has 1 unspecified atom stereocenters. The average Bonchev–Trinajstić information content (AvgIpc) is 2.65. The van der Waals surface area contributed by atoms with Gasteiger partial charge in [-0.25, -0.2) is 0 Å². The topological polar surface area (TPSA) is 97.9 Å². The van der Waals surface area contributed by atoms with E-state index in [4.69, 9.17) is 5.73 Å². The zero-order valence-corrected chi connectivity index (χ0v) is 9.02. The molecule has 4 N–H and O–H groups in total. The largest absolute Gasteiger partial charge is 0.381 e. The number of carbonyl (C=O) groups excluding carboxylic acids is 1. The second-order valence-electron chi connectivity index (χ2n) is 3.91. The van der Waals surface area contributed by atoms with E-state index in [1.165, 1.54) is 11.0 Å². The lowest BCUT2D eigenvalue weighted by atomic mass is 10.1. The van der Waals surface area contributed by atoms with Crippen LogP contribution in [0.4, 0.5) is 5.82 Å². The van der Waals surface area contributed by atoms with Crippen molar-refractivity contribution in [3.05, 3.63) is 6.20 Å². The Labute approximate surface area is 93.4 Å². The summed E-state index contributed by atoms with van der Waals surface area (Å²) in [4.78, 5) is 12.9. The Kier molecular flexibility index (Phi) is 3.35. The average molecular weight is 224 g/mol. The molecule has 0 radical (unpaired) electrons. The Morgan fingerprint density at radius 3 is 3.25 bits per heavy atom. The van der Waals surface area contributed by atoms with Crippen molar-refractivity contribution >= 4 is 11.7 Å². The van der Waals surface area contributed by atoms with Crippen LogP contribution in [0.3, 0.4) is 0 Å². The fourth-order valence-electron chi connectivity index (χ4n) is 1.76. The van der Waals surface area contributed by atoms with Crippen LogP contribution in [0.25, 0.3) is 0 Å². The Morgan fingerprint density at radius 1 is 1.75 bits per heavy atom. The number of nitrogens with two attached hydrogens (primary N) is 1. The number of nitrogen functional groups attached to an aromatic ring is 1. The molecule has 1 atom stereocenters. The molecule has 1 amide bonds. The van der Waals surface area contributed by atoms with Crippen LogP contribution >= 0.6 is 0 Å². The van der Waals surface area contributed by atoms with Gasteiger partial charge in [0.15, 0.2) is 5.82 Å². The number of hydrogen-bond donors (Lipinski definition) is 3. The Morgan fingerprint density at radius 2 is 2.62 bits per heavy atom. The van der Waals surface area contributed by atoms with Crippen LogP contribution in [0.1, 0.15) is 12.8 Å². The third-order valence-corrected chi connectivity index (χ3v) is 2.50. The molecule has 1 saturated heterocycles. The summed E-state index contributed by atoms with van der Waals surface area (Å²) in [5, 5.41) is 13.9. The molecule has 0 saturated carbocycles. The number of aromatic nitrogens is 3. The monoisotopic (exact) mass is 224 g/mol. The summed E-state index contributed by atoms with van der Waals surface area (Å²) in [6.45, 7) is 1.98. The van der Waals surface area contributed by atoms with Crippen molar-refractivity contribution in [2.45, 2.75) is 25.4 Å². The molecular formula is C9H16N6O. The first-order valence-corrected chi connectivity index (χ1v) is 5.40. The molecule has 7 heteroatoms. The minimum Gasteiger partial charge on any atom is -0.381 e. The second kappa shape index (κ2) is 4.93. The standard InChI is InChI=1S/C9H16N6O/c10-8-5-12-15(14-8)6-9(16)13-7-2-1-3-11-4-7/h5,7,11H,1-4,6H2,(H2,10,14)(H,13,16). The predicted octanol–water partition coefficient (Wildman–Crippen LogP) is -1.27. The van der Waals surface area contributed by atoms with E-state index in [1.54, 1.807) is 0 Å². The van der Waals surface area contributed by atoms with Gasteiger partial charge in [-0.2, -0.15) is 9.90 Å². The zero-order valence-electron chi connectivity index (χ0n) is 9.02. The van der Waals surface area contributed by atoms with E-state index in [0.717, 1.165) is 25.9 Å². The minimum absolute atomic E-state index is 0.0794. The van der Waals surface area contributed by atoms with Gasteiger partial charge in [0.2, 0.25) is 5.91 Å². The van der Waals surface area contributed by atoms with Gasteiger partial charge in [-0.1, -0.05) is 0 Å². The van der Waals surface area contributed by atoms with Crippen LogP contribution in [-0.2, 0) is 11.3 Å². The van der Waals surface area contributed by atoms with E-state index >= 15 is 0 Å². The number of hydrogen-bond acceptors (Lipinski definition) is 5. The molecule has 1 aliphatic heterocycles. The lowest BCUT2D eigenvalue weighted by molar-refractivity contribution is -0.122. The molecule has 16 heavy (non-hydrogen) atoms. The first-order valence-electron chi connectivity index (χ1n) is 5.40. The summed E-state index contributed by atoms with van der Waals surface area (Å²) in [7, 11) is 0. The third-order valence-electron chi connectivity index (χ3n) is 2.50. The lowest BCUT2D eigenvalue weighted by Crippen LogP contribution is -2.46. The SMILES string of the molecule is Nc1cnn(CC(=O)NC2CCCNC2)n1. The maximum Gasteiger partial charge on any atom is 0.243 e. The van der Waals surface area contributed by atoms with Crippen molar-refractivity contribution in [3.8, 4) is 0 Å². The van der Waals surface area contributed by atoms with Gasteiger partial charge in [-0.05, 0) is 19.4 Å². The van der Waals surface area contributed by atoms with E-state index in [-0.39, 0.29) is 18.5 Å². The van der Waals surface area contributed by atoms with Crippen LogP contribution < -0.4 is 16.4 Å². The molecule has 0 bridgehead atoms. The summed E-state index contributed by atoms with van der Waals surface area (Å²) in [6, 6.07) is 0.217. The number of amides is 1. The van der Waals surface area contributed by atoms with Crippen molar-refractivity contribution < 1.29 is 4.79 Å². The van der Waals surface area contributed by atoms with Crippen LogP contribution in [0.2, 0.25) is 0 Å². The van der Waals surface area contributed by atoms with Gasteiger partial charge in [-0.3, -0.25) is 4.79 Å². The molecule has 7 nitrogen and oxygen atoms in total. The normalized spacial score (nSPS) is 20.6. The van der Waals surface area contributed by atoms with Gasteiger partial charge in [0, 0.05) is 12.6 Å². The van der Waals surface area contributed by atoms with Crippen LogP contribution in [0.5, 0.6) is 0 Å². The van der Waals surface area contributed by atoms with Gasteiger partial charge in [-0.15, -0.1) is 5.10 Å². The molecule has 88 valence electrons. The van der Waals surface area contributed by atoms with Gasteiger partial charge in [0.1, 0.15) is 6.54 Å². The van der Waals surface area contributed by atoms with E-state index < -0.39 is 0 Å². The highest BCUT2D eigenvalue weighted by Crippen LogP contribution is 2.01. The predicted molar refractivity (Wildman–Crippen MR) is 58.5 cm³/mol. The maximum absolute atomic E-state index is 11.6. The number of rotatable bonds is 3. The molecule has 1 aliphatic rings. The summed E-state index contributed by atoms with van der Waals surface area (Å²) in [5.74, 6) is 0.247. The number of carbonyl (C=O) groups is 1. The number of nitrogens with zero attached hydrogens (tertiary/aromatic N) is 3. The number of anilines is 1. The summed E-state index contributed by atoms with van der Waals surface area (Å²) >= 11 is 0. The number of piperidine rings is 1. The maximum atomic E-state index is 11.6. The summed E-state index contributed by atoms with van der Waals surface area (Å²) < 4.78 is 0. The van der Waals surface area contributed by atoms with Gasteiger partial charge < -0.3 is 16.4 Å². The Hall–Kier alpha value is -1.63. The molecule has 0 aromatic carbocycles. The van der Waals surface area contributed by atoms with Gasteiger partial charge >= 0.3 is 0 Å². The van der Waals surface area contributed by atoms with E-state index in [0.29, 0.717) is 5.82 Å². The molecule has 2 rings (SSSR count). The zero-order chi connectivity index (χ0) is 11.4. The molecule has 1 aromatic rings. The molecular weight excluding hydrogens is 208 g/mol. The van der Waals surface area contributed by atoms with Crippen LogP contribution in [-0.4, -0.2) is 40.0 Å². The smallest absolute Gasteiger partial charge is 0.243 e. The van der Waals surface area contributed by atoms with E-state index in [2.05, 4.69) is 20.8 Å². The number of nitrogens with one attached hydrogen (secondary N) is 2. The van der Waals surface area contributed by atoms with Gasteiger partial charge in [0.25, 0.3) is 0 Å². The summed E-state index contributed by atoms with van der Waals surface area (Å²) in [6.07, 6.45) is 3.54. The van der Waals surface area contributed by atoms with E-state index in [9.17, 15) is 4.79 Å². The second-order valence-corrected chi connectivity index (χ2v) is 3.91. The van der Waals surface area contributed by atoms with Crippen molar-refractivity contribution in [2.24, 2.45) is 0 Å². The highest BCUT2D eigenvalue weighted by molar-refractivity contribution is 5.75. The molecule has 0 spiro atoms. The molecule has 2 heterocycles. The van der Waals surface area contributed by atoms with Crippen LogP contribution in [0.15, 0.2) is 6.20 Å². The van der Waals surface area contributed by atoms with Crippen molar-refractivity contribution in [3.63, 3.8) is 0 Å². The van der Waals surface area contributed by atoms with E-state index in [1.807, 2.05) is 0 Å². The first-order chi connectivity index (χ1) is 7.74. The third kappa shape index (κ3) is 2.93. The Bertz CT molecular complexity index is 357. The molecule has 1 aromatic heterocycles. The summed E-state index contributed by atoms with van der Waals surface area (Å²) in [5.41, 5.74) is 5.40. The van der Waals surface area contributed by atoms with Crippen LogP contribution in [0, 0.1) is 0 Å². The highest BCUT2D eigenvalue weighted by Gasteiger charge is 2.15. The highest BCUT2D eigenvalue weighted by atomic mass is 16.2. The van der Waals surface area contributed by atoms with Crippen molar-refractivity contribution in [2.75, 3.05) is 18.8 Å². The molecule has 0 aliphatic carbocycles. The Balaban J connectivity index is 1.79. The lowest BCUT2D eigenvalue weighted by Gasteiger charge is -2.23. The quantitative estimate of drug-likeness (QED) is 0.594. The minimum atomic E-state index is -0.0794. The fourth-order valence-corrected chi connectivity index (χ4v) is 1.76. The van der Waals surface area contributed by atoms with Crippen molar-refractivity contribution in [1.82, 2.24) is 25.6 Å². The van der Waals surface area contributed by atoms with Gasteiger partial charge in [0.05, 0.1) is 6.20 Å². The first kappa shape index (κ1) is 10.9. The van der Waals surface area contributed by atoms with Crippen molar-refractivity contribution in [1.29, 1.82) is 0 Å².